The summed E-state index contributed by atoms with van der Waals surface area (Å²) in [5, 5.41) is 0. The Balaban J connectivity index is 2.15. The molecular weight excluding hydrogens is 218 g/mol. The maximum absolute atomic E-state index is 11.6. The molecule has 4 nitrogen and oxygen atoms in total. The molecule has 0 saturated carbocycles. The van der Waals surface area contributed by atoms with Crippen LogP contribution < -0.4 is 0 Å². The highest BCUT2D eigenvalue weighted by molar-refractivity contribution is 5.98. The summed E-state index contributed by atoms with van der Waals surface area (Å²) < 4.78 is 4.74. The van der Waals surface area contributed by atoms with Gasteiger partial charge >= 0.3 is 5.97 Å². The van der Waals surface area contributed by atoms with Crippen LogP contribution in [0.25, 0.3) is 0 Å². The number of nitrogens with zero attached hydrogens (tertiary/aromatic N) is 1. The second-order valence-corrected chi connectivity index (χ2v) is 4.41. The van der Waals surface area contributed by atoms with Gasteiger partial charge in [-0.15, -0.1) is 0 Å². The van der Waals surface area contributed by atoms with Gasteiger partial charge in [0.05, 0.1) is 13.5 Å². The van der Waals surface area contributed by atoms with Crippen LogP contribution in [-0.4, -0.2) is 29.4 Å². The number of hydrogen-bond acceptors (Lipinski definition) is 3. The molecule has 0 aromatic heterocycles. The topological polar surface area (TPSA) is 46.6 Å². The fraction of sp³-hybridized carbons (Fsp3) is 0.385. The third kappa shape index (κ3) is 1.90. The smallest absolute Gasteiger partial charge is 0.332 e. The third-order valence-electron chi connectivity index (χ3n) is 3.20. The lowest BCUT2D eigenvalue weighted by molar-refractivity contribution is -0.177. The molecule has 0 bridgehead atoms. The standard InChI is InChI=1S/C13H15NO3/c1-13(12(16)17-2)8-11(15)14(13)9-10-6-4-3-5-7-10/h3-7H,8-9H2,1-2H3. The van der Waals surface area contributed by atoms with Gasteiger partial charge in [-0.05, 0) is 12.5 Å². The number of ether oxygens (including phenoxy) is 1. The van der Waals surface area contributed by atoms with Gasteiger partial charge in [0, 0.05) is 6.54 Å². The van der Waals surface area contributed by atoms with Gasteiger partial charge in [0.15, 0.2) is 0 Å². The maximum atomic E-state index is 11.6. The molecule has 4 heteroatoms. The van der Waals surface area contributed by atoms with E-state index in [0.29, 0.717) is 6.54 Å². The number of esters is 1. The first-order chi connectivity index (χ1) is 8.08. The number of methoxy groups -OCH3 is 1. The van der Waals surface area contributed by atoms with Crippen molar-refractivity contribution in [2.45, 2.75) is 25.4 Å². The molecule has 90 valence electrons. The maximum Gasteiger partial charge on any atom is 0.332 e. The Bertz CT molecular complexity index is 443. The molecule has 1 saturated heterocycles. The van der Waals surface area contributed by atoms with E-state index in [9.17, 15) is 9.59 Å². The molecule has 1 fully saturated rings. The van der Waals surface area contributed by atoms with Crippen molar-refractivity contribution in [1.82, 2.24) is 4.90 Å². The highest BCUT2D eigenvalue weighted by atomic mass is 16.5. The Morgan fingerprint density at radius 1 is 1.41 bits per heavy atom. The molecule has 1 aromatic rings. The summed E-state index contributed by atoms with van der Waals surface area (Å²) in [5.41, 5.74) is 0.206. The monoisotopic (exact) mass is 233 g/mol. The highest BCUT2D eigenvalue weighted by Gasteiger charge is 2.53. The number of benzene rings is 1. The minimum Gasteiger partial charge on any atom is -0.467 e. The van der Waals surface area contributed by atoms with E-state index in [2.05, 4.69) is 0 Å². The second kappa shape index (κ2) is 4.20. The Morgan fingerprint density at radius 3 is 2.59 bits per heavy atom. The molecule has 1 aromatic carbocycles. The fourth-order valence-electron chi connectivity index (χ4n) is 2.10. The minimum absolute atomic E-state index is 0.0123. The first-order valence-electron chi connectivity index (χ1n) is 5.51. The van der Waals surface area contributed by atoms with Gasteiger partial charge in [-0.1, -0.05) is 30.3 Å². The van der Waals surface area contributed by atoms with Crippen molar-refractivity contribution in [1.29, 1.82) is 0 Å². The second-order valence-electron chi connectivity index (χ2n) is 4.41. The number of carbonyl (C=O) groups excluding carboxylic acids is 2. The minimum atomic E-state index is -0.804. The number of carbonyl (C=O) groups is 2. The van der Waals surface area contributed by atoms with Crippen molar-refractivity contribution < 1.29 is 14.3 Å². The molecule has 1 heterocycles. The van der Waals surface area contributed by atoms with Crippen molar-refractivity contribution in [3.63, 3.8) is 0 Å². The summed E-state index contributed by atoms with van der Waals surface area (Å²) in [6.07, 6.45) is 0.229. The SMILES string of the molecule is COC(=O)C1(C)CC(=O)N1Cc1ccccc1. The zero-order chi connectivity index (χ0) is 12.5. The third-order valence-corrected chi connectivity index (χ3v) is 3.20. The molecule has 0 radical (unpaired) electrons. The van der Waals surface area contributed by atoms with Gasteiger partial charge in [-0.25, -0.2) is 4.79 Å². The number of hydrogen-bond donors (Lipinski definition) is 0. The van der Waals surface area contributed by atoms with E-state index < -0.39 is 5.54 Å². The van der Waals surface area contributed by atoms with Crippen LogP contribution in [0.4, 0.5) is 0 Å². The number of amides is 1. The largest absolute Gasteiger partial charge is 0.467 e. The average Bonchev–Trinajstić information content (AvgIpc) is 2.36. The molecule has 1 aliphatic rings. The number of rotatable bonds is 3. The Morgan fingerprint density at radius 2 is 2.06 bits per heavy atom. The van der Waals surface area contributed by atoms with Gasteiger partial charge in [0.25, 0.3) is 0 Å². The quantitative estimate of drug-likeness (QED) is 0.585. The molecule has 0 aliphatic carbocycles. The van der Waals surface area contributed by atoms with E-state index in [1.54, 1.807) is 11.8 Å². The van der Waals surface area contributed by atoms with Gasteiger partial charge < -0.3 is 9.64 Å². The van der Waals surface area contributed by atoms with Gasteiger partial charge in [-0.2, -0.15) is 0 Å². The first kappa shape index (κ1) is 11.6. The van der Waals surface area contributed by atoms with Crippen molar-refractivity contribution in [3.8, 4) is 0 Å². The van der Waals surface area contributed by atoms with Crippen molar-refractivity contribution in [2.75, 3.05) is 7.11 Å². The van der Waals surface area contributed by atoms with Crippen molar-refractivity contribution >= 4 is 11.9 Å². The van der Waals surface area contributed by atoms with Crippen LogP contribution in [0.15, 0.2) is 30.3 Å². The summed E-state index contributed by atoms with van der Waals surface area (Å²) in [4.78, 5) is 24.8. The van der Waals surface area contributed by atoms with Crippen LogP contribution in [0.1, 0.15) is 18.9 Å². The number of likely N-dealkylation sites (tertiary alicyclic amines) is 1. The molecule has 0 N–H and O–H groups in total. The summed E-state index contributed by atoms with van der Waals surface area (Å²) in [5.74, 6) is -0.366. The van der Waals surface area contributed by atoms with Crippen LogP contribution >= 0.6 is 0 Å². The lowest BCUT2D eigenvalue weighted by atomic mass is 9.85. The summed E-state index contributed by atoms with van der Waals surface area (Å²) in [7, 11) is 1.34. The summed E-state index contributed by atoms with van der Waals surface area (Å²) in [6.45, 7) is 2.19. The van der Waals surface area contributed by atoms with Crippen LogP contribution in [0.5, 0.6) is 0 Å². The van der Waals surface area contributed by atoms with E-state index in [4.69, 9.17) is 4.74 Å². The van der Waals surface area contributed by atoms with E-state index in [-0.39, 0.29) is 18.3 Å². The average molecular weight is 233 g/mol. The van der Waals surface area contributed by atoms with Crippen molar-refractivity contribution in [3.05, 3.63) is 35.9 Å². The van der Waals surface area contributed by atoms with Gasteiger partial charge in [0.2, 0.25) is 5.91 Å². The molecule has 0 spiro atoms. The Kier molecular flexibility index (Phi) is 2.88. The fourth-order valence-corrected chi connectivity index (χ4v) is 2.10. The Labute approximate surface area is 100 Å². The van der Waals surface area contributed by atoms with Gasteiger partial charge in [-0.3, -0.25) is 4.79 Å². The van der Waals surface area contributed by atoms with Crippen LogP contribution in [0, 0.1) is 0 Å². The first-order valence-corrected chi connectivity index (χ1v) is 5.51. The molecule has 1 aliphatic heterocycles. The predicted octanol–water partition coefficient (Wildman–Crippen LogP) is 1.35. The molecule has 2 rings (SSSR count). The zero-order valence-corrected chi connectivity index (χ0v) is 9.97. The molecule has 17 heavy (non-hydrogen) atoms. The summed E-state index contributed by atoms with van der Waals surface area (Å²) in [6, 6.07) is 9.61. The Hall–Kier alpha value is -1.84. The van der Waals surface area contributed by atoms with Gasteiger partial charge in [0.1, 0.15) is 5.54 Å². The lowest BCUT2D eigenvalue weighted by Crippen LogP contribution is -2.65. The predicted molar refractivity (Wildman–Crippen MR) is 62.0 cm³/mol. The normalized spacial score (nSPS) is 23.2. The lowest BCUT2D eigenvalue weighted by Gasteiger charge is -2.47. The molecular formula is C13H15NO3. The molecule has 1 atom stereocenters. The van der Waals surface area contributed by atoms with Crippen molar-refractivity contribution in [2.24, 2.45) is 0 Å². The summed E-state index contributed by atoms with van der Waals surface area (Å²) >= 11 is 0. The highest BCUT2D eigenvalue weighted by Crippen LogP contribution is 2.34. The van der Waals surface area contributed by atoms with E-state index in [0.717, 1.165) is 5.56 Å². The van der Waals surface area contributed by atoms with E-state index in [1.165, 1.54) is 7.11 Å². The van der Waals surface area contributed by atoms with Crippen LogP contribution in [0.2, 0.25) is 0 Å². The zero-order valence-electron chi connectivity index (χ0n) is 9.97. The molecule has 1 unspecified atom stereocenters. The van der Waals surface area contributed by atoms with Crippen LogP contribution in [-0.2, 0) is 20.9 Å². The van der Waals surface area contributed by atoms with E-state index >= 15 is 0 Å². The van der Waals surface area contributed by atoms with E-state index in [1.807, 2.05) is 30.3 Å². The number of β-lactam (4-membered cyclic amide) rings is 1. The van der Waals surface area contributed by atoms with Crippen LogP contribution in [0.3, 0.4) is 0 Å². The molecule has 1 amide bonds.